The number of hydrogen-bond donors (Lipinski definition) is 3. The van der Waals surface area contributed by atoms with Crippen LogP contribution in [0, 0.1) is 0 Å². The fourth-order valence-corrected chi connectivity index (χ4v) is 1.93. The molecule has 0 fully saturated rings. The van der Waals surface area contributed by atoms with E-state index in [2.05, 4.69) is 15.3 Å². The zero-order valence-electron chi connectivity index (χ0n) is 9.66. The normalized spacial score (nSPS) is 10.1. The number of nitrogens with two attached hydrogens (primary N) is 1. The predicted molar refractivity (Wildman–Crippen MR) is 70.1 cm³/mol. The van der Waals surface area contributed by atoms with Crippen LogP contribution in [0.5, 0.6) is 0 Å². The molecule has 7 nitrogen and oxygen atoms in total. The van der Waals surface area contributed by atoms with Crippen LogP contribution in [0.1, 0.15) is 16.2 Å². The molecule has 98 valence electrons. The molecule has 0 spiro atoms. The number of hydrogen-bond acceptors (Lipinski definition) is 6. The molecule has 0 aromatic carbocycles. The van der Waals surface area contributed by atoms with E-state index in [-0.39, 0.29) is 18.0 Å². The zero-order chi connectivity index (χ0) is 13.8. The third-order valence-electron chi connectivity index (χ3n) is 2.18. The molecule has 0 saturated heterocycles. The van der Waals surface area contributed by atoms with Crippen molar-refractivity contribution in [2.24, 2.45) is 0 Å². The molecule has 0 saturated carbocycles. The van der Waals surface area contributed by atoms with E-state index >= 15 is 0 Å². The van der Waals surface area contributed by atoms with Crippen LogP contribution in [-0.2, 0) is 11.2 Å². The van der Waals surface area contributed by atoms with E-state index in [0.29, 0.717) is 16.5 Å². The van der Waals surface area contributed by atoms with Crippen LogP contribution in [0.25, 0.3) is 0 Å². The van der Waals surface area contributed by atoms with E-state index in [9.17, 15) is 9.59 Å². The molecular formula is C11H10N4O3S. The standard InChI is InChI=1S/C11H10N4O3S/c12-11-15-7(5-19-11)3-9(16)14-6-1-2-8(10(17)18)13-4-6/h1-2,4-5H,3H2,(H2,12,15)(H,14,16)(H,17,18). The number of pyridine rings is 1. The number of nitrogens with one attached hydrogen (secondary N) is 1. The Hall–Kier alpha value is -2.48. The molecule has 0 unspecified atom stereocenters. The van der Waals surface area contributed by atoms with Gasteiger partial charge in [-0.25, -0.2) is 14.8 Å². The summed E-state index contributed by atoms with van der Waals surface area (Å²) in [6, 6.07) is 2.79. The average Bonchev–Trinajstić information content (AvgIpc) is 2.75. The molecular weight excluding hydrogens is 268 g/mol. The van der Waals surface area contributed by atoms with E-state index < -0.39 is 5.97 Å². The van der Waals surface area contributed by atoms with Gasteiger partial charge in [0, 0.05) is 5.38 Å². The van der Waals surface area contributed by atoms with E-state index in [1.165, 1.54) is 29.7 Å². The van der Waals surface area contributed by atoms with Crippen molar-refractivity contribution in [1.82, 2.24) is 9.97 Å². The second kappa shape index (κ2) is 5.44. The monoisotopic (exact) mass is 278 g/mol. The third-order valence-corrected chi connectivity index (χ3v) is 2.90. The van der Waals surface area contributed by atoms with Gasteiger partial charge in [-0.05, 0) is 12.1 Å². The van der Waals surface area contributed by atoms with Crippen LogP contribution < -0.4 is 11.1 Å². The topological polar surface area (TPSA) is 118 Å². The van der Waals surface area contributed by atoms with E-state index in [4.69, 9.17) is 10.8 Å². The number of nitrogens with zero attached hydrogens (tertiary/aromatic N) is 2. The van der Waals surface area contributed by atoms with Crippen molar-refractivity contribution in [2.45, 2.75) is 6.42 Å². The maximum absolute atomic E-state index is 11.7. The Balaban J connectivity index is 1.97. The number of carboxylic acids is 1. The maximum atomic E-state index is 11.7. The summed E-state index contributed by atoms with van der Waals surface area (Å²) < 4.78 is 0. The Morgan fingerprint density at radius 3 is 2.74 bits per heavy atom. The molecule has 0 radical (unpaired) electrons. The highest BCUT2D eigenvalue weighted by atomic mass is 32.1. The summed E-state index contributed by atoms with van der Waals surface area (Å²) in [6.45, 7) is 0. The first-order chi connectivity index (χ1) is 9.04. The number of carbonyl (C=O) groups is 2. The Kier molecular flexibility index (Phi) is 3.71. The minimum absolute atomic E-state index is 0.0785. The molecule has 0 atom stereocenters. The number of nitrogen functional groups attached to an aromatic ring is 1. The first-order valence-corrected chi connectivity index (χ1v) is 6.11. The number of anilines is 2. The van der Waals surface area contributed by atoms with Gasteiger partial charge in [0.1, 0.15) is 5.69 Å². The van der Waals surface area contributed by atoms with Gasteiger partial charge in [0.25, 0.3) is 0 Å². The van der Waals surface area contributed by atoms with Crippen LogP contribution in [0.4, 0.5) is 10.8 Å². The Morgan fingerprint density at radius 2 is 2.21 bits per heavy atom. The molecule has 19 heavy (non-hydrogen) atoms. The minimum Gasteiger partial charge on any atom is -0.477 e. The lowest BCUT2D eigenvalue weighted by molar-refractivity contribution is -0.115. The maximum Gasteiger partial charge on any atom is 0.354 e. The van der Waals surface area contributed by atoms with Gasteiger partial charge in [-0.3, -0.25) is 4.79 Å². The smallest absolute Gasteiger partial charge is 0.354 e. The number of aromatic nitrogens is 2. The van der Waals surface area contributed by atoms with Crippen molar-refractivity contribution in [2.75, 3.05) is 11.1 Å². The van der Waals surface area contributed by atoms with Crippen LogP contribution in [-0.4, -0.2) is 27.0 Å². The van der Waals surface area contributed by atoms with Crippen molar-refractivity contribution < 1.29 is 14.7 Å². The van der Waals surface area contributed by atoms with Crippen LogP contribution >= 0.6 is 11.3 Å². The summed E-state index contributed by atoms with van der Waals surface area (Å²) in [5.41, 5.74) is 6.41. The Labute approximate surface area is 112 Å². The largest absolute Gasteiger partial charge is 0.477 e. The fourth-order valence-electron chi connectivity index (χ4n) is 1.37. The fraction of sp³-hybridized carbons (Fsp3) is 0.0909. The van der Waals surface area contributed by atoms with Gasteiger partial charge in [0.05, 0.1) is 24.0 Å². The highest BCUT2D eigenvalue weighted by molar-refractivity contribution is 7.13. The van der Waals surface area contributed by atoms with E-state index in [1.807, 2.05) is 0 Å². The lowest BCUT2D eigenvalue weighted by Gasteiger charge is -2.03. The van der Waals surface area contributed by atoms with E-state index in [1.54, 1.807) is 5.38 Å². The van der Waals surface area contributed by atoms with Gasteiger partial charge in [-0.15, -0.1) is 11.3 Å². The molecule has 2 aromatic heterocycles. The summed E-state index contributed by atoms with van der Waals surface area (Å²) >= 11 is 1.27. The molecule has 0 aliphatic carbocycles. The molecule has 0 aliphatic rings. The van der Waals surface area contributed by atoms with Crippen LogP contribution in [0.3, 0.4) is 0 Å². The average molecular weight is 278 g/mol. The van der Waals surface area contributed by atoms with Gasteiger partial charge < -0.3 is 16.2 Å². The molecule has 4 N–H and O–H groups in total. The van der Waals surface area contributed by atoms with Crippen molar-refractivity contribution >= 4 is 34.0 Å². The minimum atomic E-state index is -1.11. The van der Waals surface area contributed by atoms with Gasteiger partial charge in [0.15, 0.2) is 5.13 Å². The Bertz CT molecular complexity index is 609. The highest BCUT2D eigenvalue weighted by Gasteiger charge is 2.08. The lowest BCUT2D eigenvalue weighted by atomic mass is 10.3. The molecule has 2 rings (SSSR count). The number of carboxylic acid groups (broad SMARTS) is 1. The molecule has 1 amide bonds. The Morgan fingerprint density at radius 1 is 1.42 bits per heavy atom. The predicted octanol–water partition coefficient (Wildman–Crippen LogP) is 1.000. The summed E-state index contributed by atoms with van der Waals surface area (Å²) in [4.78, 5) is 30.0. The number of rotatable bonds is 4. The summed E-state index contributed by atoms with van der Waals surface area (Å²) in [5, 5.41) is 13.4. The molecule has 8 heteroatoms. The second-order valence-electron chi connectivity index (χ2n) is 3.64. The molecule has 0 bridgehead atoms. The summed E-state index contributed by atoms with van der Waals surface area (Å²) in [6.07, 6.45) is 1.39. The van der Waals surface area contributed by atoms with Crippen molar-refractivity contribution in [3.63, 3.8) is 0 Å². The van der Waals surface area contributed by atoms with Crippen LogP contribution in [0.2, 0.25) is 0 Å². The van der Waals surface area contributed by atoms with E-state index in [0.717, 1.165) is 0 Å². The molecule has 2 aromatic rings. The van der Waals surface area contributed by atoms with Gasteiger partial charge in [-0.2, -0.15) is 0 Å². The first-order valence-electron chi connectivity index (χ1n) is 5.23. The SMILES string of the molecule is Nc1nc(CC(=O)Nc2ccc(C(=O)O)nc2)cs1. The summed E-state index contributed by atoms with van der Waals surface area (Å²) in [5.74, 6) is -1.38. The quantitative estimate of drug-likeness (QED) is 0.767. The summed E-state index contributed by atoms with van der Waals surface area (Å²) in [7, 11) is 0. The number of thiazole rings is 1. The molecule has 2 heterocycles. The number of amides is 1. The number of aromatic carboxylic acids is 1. The number of carbonyl (C=O) groups excluding carboxylic acids is 1. The van der Waals surface area contributed by atoms with Gasteiger partial charge in [0.2, 0.25) is 5.91 Å². The third kappa shape index (κ3) is 3.49. The van der Waals surface area contributed by atoms with Gasteiger partial charge >= 0.3 is 5.97 Å². The first kappa shape index (κ1) is 13.0. The second-order valence-corrected chi connectivity index (χ2v) is 4.53. The van der Waals surface area contributed by atoms with Crippen molar-refractivity contribution in [3.05, 3.63) is 35.1 Å². The van der Waals surface area contributed by atoms with Crippen molar-refractivity contribution in [3.8, 4) is 0 Å². The van der Waals surface area contributed by atoms with Crippen molar-refractivity contribution in [1.29, 1.82) is 0 Å². The lowest BCUT2D eigenvalue weighted by Crippen LogP contribution is -2.15. The van der Waals surface area contributed by atoms with Crippen LogP contribution in [0.15, 0.2) is 23.7 Å². The molecule has 0 aliphatic heterocycles. The zero-order valence-corrected chi connectivity index (χ0v) is 10.5. The van der Waals surface area contributed by atoms with Gasteiger partial charge in [-0.1, -0.05) is 0 Å². The highest BCUT2D eigenvalue weighted by Crippen LogP contribution is 2.12.